The molecule has 1 heterocycles. The molecule has 0 spiro atoms. The van der Waals surface area contributed by atoms with E-state index in [0.29, 0.717) is 12.1 Å². The topological polar surface area (TPSA) is 46.6 Å². The maximum atomic E-state index is 12.6. The number of amides is 2. The second kappa shape index (κ2) is 4.30. The molecule has 1 aromatic rings. The van der Waals surface area contributed by atoms with Crippen molar-refractivity contribution in [1.29, 1.82) is 0 Å². The van der Waals surface area contributed by atoms with Gasteiger partial charge in [-0.1, -0.05) is 12.1 Å². The summed E-state index contributed by atoms with van der Waals surface area (Å²) in [7, 11) is 0. The highest BCUT2D eigenvalue weighted by atomic mass is 19.1. The number of halogens is 1. The molecule has 84 valence electrons. The smallest absolute Gasteiger partial charge is 0.416 e. The first kappa shape index (κ1) is 10.6. The standard InChI is InChI=1S/C11H10FNO3/c12-9-3-1-8(2-4-9)7-10(14)13-5-6-16-11(13)15/h1-4H,5-7H2. The lowest BCUT2D eigenvalue weighted by molar-refractivity contribution is -0.127. The van der Waals surface area contributed by atoms with Crippen LogP contribution in [0, 0.1) is 5.82 Å². The van der Waals surface area contributed by atoms with Crippen LogP contribution in [0.2, 0.25) is 0 Å². The lowest BCUT2D eigenvalue weighted by Crippen LogP contribution is -2.32. The van der Waals surface area contributed by atoms with E-state index in [1.807, 2.05) is 0 Å². The van der Waals surface area contributed by atoms with Gasteiger partial charge in [0.25, 0.3) is 0 Å². The number of rotatable bonds is 2. The number of imide groups is 1. The minimum absolute atomic E-state index is 0.0787. The van der Waals surface area contributed by atoms with E-state index in [1.54, 1.807) is 0 Å². The summed E-state index contributed by atoms with van der Waals surface area (Å²) in [4.78, 5) is 23.8. The SMILES string of the molecule is O=C(Cc1ccc(F)cc1)N1CCOC1=O. The fourth-order valence-corrected chi connectivity index (χ4v) is 1.49. The number of cyclic esters (lactones) is 1. The van der Waals surface area contributed by atoms with Crippen LogP contribution in [0.15, 0.2) is 24.3 Å². The van der Waals surface area contributed by atoms with Crippen LogP contribution < -0.4 is 0 Å². The zero-order valence-electron chi connectivity index (χ0n) is 8.48. The molecule has 0 atom stereocenters. The van der Waals surface area contributed by atoms with E-state index in [-0.39, 0.29) is 24.8 Å². The first-order valence-corrected chi connectivity index (χ1v) is 4.88. The van der Waals surface area contributed by atoms with Gasteiger partial charge in [0.1, 0.15) is 12.4 Å². The molecule has 1 saturated heterocycles. The number of benzene rings is 1. The van der Waals surface area contributed by atoms with Crippen LogP contribution in [-0.2, 0) is 16.0 Å². The van der Waals surface area contributed by atoms with Crippen LogP contribution in [0.1, 0.15) is 5.56 Å². The number of nitrogens with zero attached hydrogens (tertiary/aromatic N) is 1. The van der Waals surface area contributed by atoms with Gasteiger partial charge < -0.3 is 4.74 Å². The predicted molar refractivity (Wildman–Crippen MR) is 53.2 cm³/mol. The van der Waals surface area contributed by atoms with Crippen molar-refractivity contribution in [3.63, 3.8) is 0 Å². The van der Waals surface area contributed by atoms with Crippen molar-refractivity contribution in [3.8, 4) is 0 Å². The van der Waals surface area contributed by atoms with Gasteiger partial charge in [-0.05, 0) is 17.7 Å². The number of carbonyl (C=O) groups is 2. The van der Waals surface area contributed by atoms with Crippen molar-refractivity contribution in [1.82, 2.24) is 4.90 Å². The number of carbonyl (C=O) groups excluding carboxylic acids is 2. The van der Waals surface area contributed by atoms with Crippen molar-refractivity contribution in [2.45, 2.75) is 6.42 Å². The van der Waals surface area contributed by atoms with Gasteiger partial charge in [-0.15, -0.1) is 0 Å². The molecular weight excluding hydrogens is 213 g/mol. The Labute approximate surface area is 91.6 Å². The molecular formula is C11H10FNO3. The molecule has 0 N–H and O–H groups in total. The molecule has 0 radical (unpaired) electrons. The van der Waals surface area contributed by atoms with Gasteiger partial charge in [0.15, 0.2) is 0 Å². The molecule has 2 rings (SSSR count). The van der Waals surface area contributed by atoms with Gasteiger partial charge >= 0.3 is 6.09 Å². The van der Waals surface area contributed by atoms with Crippen molar-refractivity contribution >= 4 is 12.0 Å². The summed E-state index contributed by atoms with van der Waals surface area (Å²) in [6, 6.07) is 5.61. The zero-order valence-corrected chi connectivity index (χ0v) is 8.48. The number of hydrogen-bond donors (Lipinski definition) is 0. The summed E-state index contributed by atoms with van der Waals surface area (Å²) in [5.41, 5.74) is 0.672. The molecule has 16 heavy (non-hydrogen) atoms. The third kappa shape index (κ3) is 2.18. The Hall–Kier alpha value is -1.91. The van der Waals surface area contributed by atoms with Gasteiger partial charge in [-0.2, -0.15) is 0 Å². The van der Waals surface area contributed by atoms with Crippen LogP contribution in [-0.4, -0.2) is 30.1 Å². The highest BCUT2D eigenvalue weighted by Crippen LogP contribution is 2.09. The summed E-state index contributed by atoms with van der Waals surface area (Å²) in [5.74, 6) is -0.675. The Morgan fingerprint density at radius 1 is 1.38 bits per heavy atom. The Kier molecular flexibility index (Phi) is 2.85. The van der Waals surface area contributed by atoms with Crippen LogP contribution >= 0.6 is 0 Å². The molecule has 1 aromatic carbocycles. The average Bonchev–Trinajstić information content (AvgIpc) is 2.68. The second-order valence-corrected chi connectivity index (χ2v) is 3.46. The monoisotopic (exact) mass is 223 g/mol. The van der Waals surface area contributed by atoms with Crippen molar-refractivity contribution in [2.75, 3.05) is 13.2 Å². The number of ether oxygens (including phenoxy) is 1. The Morgan fingerprint density at radius 3 is 2.62 bits per heavy atom. The summed E-state index contributed by atoms with van der Waals surface area (Å²) >= 11 is 0. The highest BCUT2D eigenvalue weighted by Gasteiger charge is 2.27. The molecule has 5 heteroatoms. The van der Waals surface area contributed by atoms with Crippen molar-refractivity contribution in [2.24, 2.45) is 0 Å². The zero-order chi connectivity index (χ0) is 11.5. The van der Waals surface area contributed by atoms with E-state index in [1.165, 1.54) is 24.3 Å². The normalized spacial score (nSPS) is 15.1. The molecule has 2 amide bonds. The summed E-state index contributed by atoms with van der Waals surface area (Å²) in [6.07, 6.45) is -0.526. The summed E-state index contributed by atoms with van der Waals surface area (Å²) in [6.45, 7) is 0.535. The maximum absolute atomic E-state index is 12.6. The van der Waals surface area contributed by atoms with Crippen LogP contribution in [0.5, 0.6) is 0 Å². The highest BCUT2D eigenvalue weighted by molar-refractivity contribution is 5.93. The van der Waals surface area contributed by atoms with E-state index in [2.05, 4.69) is 4.74 Å². The van der Waals surface area contributed by atoms with E-state index < -0.39 is 6.09 Å². The van der Waals surface area contributed by atoms with Gasteiger partial charge in [-0.3, -0.25) is 4.79 Å². The fraction of sp³-hybridized carbons (Fsp3) is 0.273. The van der Waals surface area contributed by atoms with Crippen LogP contribution in [0.25, 0.3) is 0 Å². The molecule has 0 bridgehead atoms. The quantitative estimate of drug-likeness (QED) is 0.760. The lowest BCUT2D eigenvalue weighted by Gasteiger charge is -2.10. The van der Waals surface area contributed by atoms with E-state index >= 15 is 0 Å². The van der Waals surface area contributed by atoms with Crippen molar-refractivity contribution < 1.29 is 18.7 Å². The first-order valence-electron chi connectivity index (χ1n) is 4.88. The van der Waals surface area contributed by atoms with Crippen LogP contribution in [0.4, 0.5) is 9.18 Å². The Morgan fingerprint density at radius 2 is 2.06 bits per heavy atom. The maximum Gasteiger partial charge on any atom is 0.416 e. The molecule has 1 fully saturated rings. The molecule has 0 aliphatic carbocycles. The van der Waals surface area contributed by atoms with E-state index in [9.17, 15) is 14.0 Å². The third-order valence-electron chi connectivity index (χ3n) is 2.33. The second-order valence-electron chi connectivity index (χ2n) is 3.46. The fourth-order valence-electron chi connectivity index (χ4n) is 1.49. The largest absolute Gasteiger partial charge is 0.447 e. The van der Waals surface area contributed by atoms with Gasteiger partial charge in [0.2, 0.25) is 5.91 Å². The summed E-state index contributed by atoms with van der Waals surface area (Å²) < 4.78 is 17.3. The summed E-state index contributed by atoms with van der Waals surface area (Å²) in [5, 5.41) is 0. The van der Waals surface area contributed by atoms with Gasteiger partial charge in [0.05, 0.1) is 13.0 Å². The lowest BCUT2D eigenvalue weighted by atomic mass is 10.1. The minimum atomic E-state index is -0.605. The van der Waals surface area contributed by atoms with E-state index in [4.69, 9.17) is 0 Å². The van der Waals surface area contributed by atoms with Crippen LogP contribution in [0.3, 0.4) is 0 Å². The molecule has 0 unspecified atom stereocenters. The predicted octanol–water partition coefficient (Wildman–Crippen LogP) is 1.35. The molecule has 0 aromatic heterocycles. The van der Waals surface area contributed by atoms with Gasteiger partial charge in [-0.25, -0.2) is 14.1 Å². The minimum Gasteiger partial charge on any atom is -0.447 e. The first-order chi connectivity index (χ1) is 7.66. The molecule has 0 saturated carbocycles. The molecule has 4 nitrogen and oxygen atoms in total. The Bertz CT molecular complexity index is 416. The molecule has 1 aliphatic rings. The van der Waals surface area contributed by atoms with E-state index in [0.717, 1.165) is 4.90 Å². The average molecular weight is 223 g/mol. The Balaban J connectivity index is 2.02. The number of hydrogen-bond acceptors (Lipinski definition) is 3. The van der Waals surface area contributed by atoms with Gasteiger partial charge in [0, 0.05) is 0 Å². The van der Waals surface area contributed by atoms with Crippen molar-refractivity contribution in [3.05, 3.63) is 35.6 Å². The third-order valence-corrected chi connectivity index (χ3v) is 2.33. The molecule has 1 aliphatic heterocycles.